The highest BCUT2D eigenvalue weighted by molar-refractivity contribution is 4.80. The largest absolute Gasteiger partial charge is 0.330 e. The second-order valence-corrected chi connectivity index (χ2v) is 5.36. The maximum absolute atomic E-state index is 5.62. The summed E-state index contributed by atoms with van der Waals surface area (Å²) in [5, 5.41) is 0. The van der Waals surface area contributed by atoms with Crippen LogP contribution in [-0.2, 0) is 0 Å². The van der Waals surface area contributed by atoms with E-state index in [1.54, 1.807) is 0 Å². The summed E-state index contributed by atoms with van der Waals surface area (Å²) < 4.78 is 0. The summed E-state index contributed by atoms with van der Waals surface area (Å²) in [7, 11) is 2.23. The Bertz CT molecular complexity index is 162. The Labute approximate surface area is 88.8 Å². The molecular formula is C12H26N2. The monoisotopic (exact) mass is 198 g/mol. The molecule has 0 aromatic rings. The summed E-state index contributed by atoms with van der Waals surface area (Å²) >= 11 is 0. The van der Waals surface area contributed by atoms with Crippen LogP contribution in [0.5, 0.6) is 0 Å². The molecule has 1 rings (SSSR count). The van der Waals surface area contributed by atoms with Crippen LogP contribution in [0.1, 0.15) is 46.0 Å². The third-order valence-electron chi connectivity index (χ3n) is 3.89. The summed E-state index contributed by atoms with van der Waals surface area (Å²) in [4.78, 5) is 2.47. The lowest BCUT2D eigenvalue weighted by Crippen LogP contribution is -2.43. The Morgan fingerprint density at radius 3 is 2.43 bits per heavy atom. The Balaban J connectivity index is 2.20. The van der Waals surface area contributed by atoms with Crippen LogP contribution in [-0.4, -0.2) is 30.6 Å². The maximum Gasteiger partial charge on any atom is 0.0162 e. The standard InChI is InChI=1S/C12H26N2/c1-12(2,8-9-13)14(3)10-7-11-5-4-6-11/h11H,4-10,13H2,1-3H3. The number of hydrogen-bond acceptors (Lipinski definition) is 2. The molecule has 0 unspecified atom stereocenters. The van der Waals surface area contributed by atoms with Gasteiger partial charge in [0, 0.05) is 5.54 Å². The van der Waals surface area contributed by atoms with Gasteiger partial charge in [0.1, 0.15) is 0 Å². The second-order valence-electron chi connectivity index (χ2n) is 5.36. The molecule has 0 radical (unpaired) electrons. The first kappa shape index (κ1) is 12.0. The van der Waals surface area contributed by atoms with Crippen molar-refractivity contribution < 1.29 is 0 Å². The molecule has 0 heterocycles. The number of rotatable bonds is 6. The van der Waals surface area contributed by atoms with Crippen LogP contribution in [0.25, 0.3) is 0 Å². The van der Waals surface area contributed by atoms with Crippen molar-refractivity contribution in [1.29, 1.82) is 0 Å². The van der Waals surface area contributed by atoms with Crippen LogP contribution in [0, 0.1) is 5.92 Å². The van der Waals surface area contributed by atoms with Gasteiger partial charge in [-0.15, -0.1) is 0 Å². The molecule has 84 valence electrons. The van der Waals surface area contributed by atoms with E-state index in [1.165, 1.54) is 32.2 Å². The molecule has 0 spiro atoms. The Morgan fingerprint density at radius 1 is 1.36 bits per heavy atom. The van der Waals surface area contributed by atoms with Gasteiger partial charge in [-0.1, -0.05) is 19.3 Å². The first-order valence-electron chi connectivity index (χ1n) is 5.97. The van der Waals surface area contributed by atoms with E-state index < -0.39 is 0 Å². The minimum atomic E-state index is 0.276. The highest BCUT2D eigenvalue weighted by Crippen LogP contribution is 2.30. The van der Waals surface area contributed by atoms with Crippen LogP contribution in [0.15, 0.2) is 0 Å². The van der Waals surface area contributed by atoms with Crippen LogP contribution in [0.3, 0.4) is 0 Å². The zero-order valence-electron chi connectivity index (χ0n) is 10.1. The van der Waals surface area contributed by atoms with Gasteiger partial charge in [0.15, 0.2) is 0 Å². The molecular weight excluding hydrogens is 172 g/mol. The molecule has 2 N–H and O–H groups in total. The predicted molar refractivity (Wildman–Crippen MR) is 62.3 cm³/mol. The van der Waals surface area contributed by atoms with Gasteiger partial charge in [-0.3, -0.25) is 0 Å². The zero-order valence-corrected chi connectivity index (χ0v) is 10.1. The lowest BCUT2D eigenvalue weighted by molar-refractivity contribution is 0.128. The molecule has 0 aliphatic heterocycles. The van der Waals surface area contributed by atoms with Crippen molar-refractivity contribution in [2.24, 2.45) is 11.7 Å². The van der Waals surface area contributed by atoms with Crippen LogP contribution < -0.4 is 5.73 Å². The van der Waals surface area contributed by atoms with E-state index >= 15 is 0 Å². The van der Waals surface area contributed by atoms with Gasteiger partial charge < -0.3 is 10.6 Å². The smallest absolute Gasteiger partial charge is 0.0162 e. The molecule has 1 aliphatic carbocycles. The molecule has 1 fully saturated rings. The van der Waals surface area contributed by atoms with E-state index in [2.05, 4.69) is 25.8 Å². The molecule has 0 saturated heterocycles. The predicted octanol–water partition coefficient (Wildman–Crippen LogP) is 2.24. The highest BCUT2D eigenvalue weighted by Gasteiger charge is 2.24. The quantitative estimate of drug-likeness (QED) is 0.709. The Morgan fingerprint density at radius 2 is 2.00 bits per heavy atom. The van der Waals surface area contributed by atoms with Crippen LogP contribution in [0.2, 0.25) is 0 Å². The van der Waals surface area contributed by atoms with Gasteiger partial charge >= 0.3 is 0 Å². The van der Waals surface area contributed by atoms with E-state index in [0.29, 0.717) is 0 Å². The highest BCUT2D eigenvalue weighted by atomic mass is 15.2. The number of nitrogens with two attached hydrogens (primary N) is 1. The molecule has 0 aromatic heterocycles. The minimum absolute atomic E-state index is 0.276. The van der Waals surface area contributed by atoms with E-state index in [-0.39, 0.29) is 5.54 Å². The summed E-state index contributed by atoms with van der Waals surface area (Å²) in [5.74, 6) is 1.02. The molecule has 1 aliphatic rings. The van der Waals surface area contributed by atoms with E-state index in [4.69, 9.17) is 5.73 Å². The van der Waals surface area contributed by atoms with Gasteiger partial charge in [0.05, 0.1) is 0 Å². The first-order valence-corrected chi connectivity index (χ1v) is 5.97. The van der Waals surface area contributed by atoms with E-state index in [0.717, 1.165) is 18.9 Å². The fourth-order valence-electron chi connectivity index (χ4n) is 2.00. The third kappa shape index (κ3) is 3.25. The molecule has 0 amide bonds. The lowest BCUT2D eigenvalue weighted by Gasteiger charge is -2.37. The van der Waals surface area contributed by atoms with Crippen molar-refractivity contribution in [3.05, 3.63) is 0 Å². The Hall–Kier alpha value is -0.0800. The number of hydrogen-bond donors (Lipinski definition) is 1. The van der Waals surface area contributed by atoms with Gasteiger partial charge in [0.2, 0.25) is 0 Å². The Kier molecular flexibility index (Phi) is 4.39. The average Bonchev–Trinajstić information content (AvgIpc) is 2.01. The van der Waals surface area contributed by atoms with Gasteiger partial charge in [0.25, 0.3) is 0 Å². The number of nitrogens with zero attached hydrogens (tertiary/aromatic N) is 1. The average molecular weight is 198 g/mol. The maximum atomic E-state index is 5.62. The van der Waals surface area contributed by atoms with Crippen LogP contribution in [0.4, 0.5) is 0 Å². The van der Waals surface area contributed by atoms with Crippen molar-refractivity contribution >= 4 is 0 Å². The molecule has 2 nitrogen and oxygen atoms in total. The van der Waals surface area contributed by atoms with Gasteiger partial charge in [-0.2, -0.15) is 0 Å². The molecule has 14 heavy (non-hydrogen) atoms. The van der Waals surface area contributed by atoms with Crippen molar-refractivity contribution in [2.75, 3.05) is 20.1 Å². The fraction of sp³-hybridized carbons (Fsp3) is 1.00. The topological polar surface area (TPSA) is 29.3 Å². The molecule has 2 heteroatoms. The summed E-state index contributed by atoms with van der Waals surface area (Å²) in [6.07, 6.45) is 6.86. The van der Waals surface area contributed by atoms with Gasteiger partial charge in [-0.05, 0) is 52.7 Å². The van der Waals surface area contributed by atoms with Gasteiger partial charge in [-0.25, -0.2) is 0 Å². The summed E-state index contributed by atoms with van der Waals surface area (Å²) in [6, 6.07) is 0. The van der Waals surface area contributed by atoms with Crippen molar-refractivity contribution in [2.45, 2.75) is 51.5 Å². The normalized spacial score (nSPS) is 18.6. The lowest BCUT2D eigenvalue weighted by atomic mass is 9.82. The van der Waals surface area contributed by atoms with Crippen molar-refractivity contribution in [3.8, 4) is 0 Å². The molecule has 0 atom stereocenters. The fourth-order valence-corrected chi connectivity index (χ4v) is 2.00. The van der Waals surface area contributed by atoms with Crippen LogP contribution >= 0.6 is 0 Å². The zero-order chi connectivity index (χ0) is 10.6. The first-order chi connectivity index (χ1) is 6.56. The van der Waals surface area contributed by atoms with E-state index in [9.17, 15) is 0 Å². The summed E-state index contributed by atoms with van der Waals surface area (Å²) in [5.41, 5.74) is 5.90. The summed E-state index contributed by atoms with van der Waals surface area (Å²) in [6.45, 7) is 6.61. The second kappa shape index (κ2) is 5.13. The van der Waals surface area contributed by atoms with Crippen molar-refractivity contribution in [1.82, 2.24) is 4.90 Å². The molecule has 0 aromatic carbocycles. The third-order valence-corrected chi connectivity index (χ3v) is 3.89. The molecule has 0 bridgehead atoms. The molecule has 1 saturated carbocycles. The minimum Gasteiger partial charge on any atom is -0.330 e. The SMILES string of the molecule is CN(CCC1CCC1)C(C)(C)CCN. The van der Waals surface area contributed by atoms with E-state index in [1.807, 2.05) is 0 Å². The van der Waals surface area contributed by atoms with Crippen molar-refractivity contribution in [3.63, 3.8) is 0 Å².